The summed E-state index contributed by atoms with van der Waals surface area (Å²) in [5.74, 6) is 0.0781. The summed E-state index contributed by atoms with van der Waals surface area (Å²) in [7, 11) is 0. The van der Waals surface area contributed by atoms with Gasteiger partial charge in [-0.1, -0.05) is 29.8 Å². The van der Waals surface area contributed by atoms with Crippen LogP contribution in [0.4, 0.5) is 5.69 Å². The molecule has 0 aromatic heterocycles. The van der Waals surface area contributed by atoms with Crippen molar-refractivity contribution in [3.8, 4) is 6.07 Å². The Kier molecular flexibility index (Phi) is 7.24. The molecule has 0 aliphatic carbocycles. The molecule has 1 aromatic carbocycles. The predicted octanol–water partition coefficient (Wildman–Crippen LogP) is 4.26. The van der Waals surface area contributed by atoms with Crippen LogP contribution in [0.15, 0.2) is 22.7 Å². The molecular weight excluding hydrogens is 332 g/mol. The Morgan fingerprint density at radius 2 is 2.14 bits per heavy atom. The normalized spacial score (nSPS) is 12.0. The number of carbonyl (C=O) groups is 1. The van der Waals surface area contributed by atoms with Gasteiger partial charge in [0, 0.05) is 17.4 Å². The molecule has 1 unspecified atom stereocenters. The Morgan fingerprint density at radius 1 is 1.43 bits per heavy atom. The molecule has 1 aromatic rings. The second-order valence-corrected chi connectivity index (χ2v) is 6.37. The number of hydrogen-bond acceptors (Lipinski definition) is 3. The summed E-state index contributed by atoms with van der Waals surface area (Å²) in [6.07, 6.45) is 1.80. The number of nitriles is 1. The average molecular weight is 353 g/mol. The van der Waals surface area contributed by atoms with Gasteiger partial charge in [0.25, 0.3) is 0 Å². The molecule has 0 fully saturated rings. The zero-order valence-electron chi connectivity index (χ0n) is 12.4. The summed E-state index contributed by atoms with van der Waals surface area (Å²) in [6, 6.07) is 7.73. The minimum atomic E-state index is -0.742. The molecule has 0 amide bonds. The van der Waals surface area contributed by atoms with Crippen molar-refractivity contribution in [3.63, 3.8) is 0 Å². The lowest BCUT2D eigenvalue weighted by Gasteiger charge is -2.20. The molecule has 0 radical (unpaired) electrons. The molecule has 5 heteroatoms. The number of aliphatic carboxylic acids is 1. The van der Waals surface area contributed by atoms with Crippen molar-refractivity contribution in [2.24, 2.45) is 11.8 Å². The number of benzene rings is 1. The third-order valence-electron chi connectivity index (χ3n) is 3.60. The molecule has 0 spiro atoms. The largest absolute Gasteiger partial charge is 0.481 e. The molecule has 0 saturated carbocycles. The van der Waals surface area contributed by atoms with Crippen molar-refractivity contribution in [1.29, 1.82) is 5.26 Å². The maximum Gasteiger partial charge on any atom is 0.303 e. The van der Waals surface area contributed by atoms with Gasteiger partial charge in [0.1, 0.15) is 6.07 Å². The van der Waals surface area contributed by atoms with Gasteiger partial charge in [-0.25, -0.2) is 0 Å². The molecule has 1 rings (SSSR count). The van der Waals surface area contributed by atoms with Gasteiger partial charge in [-0.2, -0.15) is 5.26 Å². The Balaban J connectivity index is 2.54. The Bertz CT molecular complexity index is 523. The number of nitrogens with one attached hydrogen (secondary N) is 1. The second kappa shape index (κ2) is 8.68. The highest BCUT2D eigenvalue weighted by molar-refractivity contribution is 9.10. The predicted molar refractivity (Wildman–Crippen MR) is 87.2 cm³/mol. The zero-order chi connectivity index (χ0) is 15.8. The highest BCUT2D eigenvalue weighted by Crippen LogP contribution is 2.23. The first-order valence-electron chi connectivity index (χ1n) is 7.09. The fourth-order valence-electron chi connectivity index (χ4n) is 2.28. The monoisotopic (exact) mass is 352 g/mol. The lowest BCUT2D eigenvalue weighted by molar-refractivity contribution is -0.137. The lowest BCUT2D eigenvalue weighted by atomic mass is 9.88. The van der Waals surface area contributed by atoms with E-state index < -0.39 is 5.97 Å². The minimum Gasteiger partial charge on any atom is -0.481 e. The number of hydrogen-bond donors (Lipinski definition) is 2. The standard InChI is InChI=1S/C16H21BrN2O2/c1-11(2)12(3-6-16(20)21)7-8-19-15-5-4-14(17)9-13(15)10-18/h4-5,9,11-12,19H,3,6-8H2,1-2H3,(H,20,21). The van der Waals surface area contributed by atoms with Gasteiger partial charge in [-0.15, -0.1) is 0 Å². The molecule has 4 nitrogen and oxygen atoms in total. The first kappa shape index (κ1) is 17.5. The van der Waals surface area contributed by atoms with E-state index in [9.17, 15) is 4.79 Å². The fraction of sp³-hybridized carbons (Fsp3) is 0.500. The molecule has 0 aliphatic heterocycles. The van der Waals surface area contributed by atoms with Gasteiger partial charge in [0.05, 0.1) is 11.3 Å². The van der Waals surface area contributed by atoms with Crippen LogP contribution in [0.3, 0.4) is 0 Å². The van der Waals surface area contributed by atoms with E-state index in [1.165, 1.54) is 0 Å². The van der Waals surface area contributed by atoms with Crippen LogP contribution in [-0.2, 0) is 4.79 Å². The van der Waals surface area contributed by atoms with Crippen LogP contribution in [0.1, 0.15) is 38.7 Å². The van der Waals surface area contributed by atoms with E-state index >= 15 is 0 Å². The molecule has 0 bridgehead atoms. The summed E-state index contributed by atoms with van der Waals surface area (Å²) in [5.41, 5.74) is 1.43. The smallest absolute Gasteiger partial charge is 0.303 e. The molecular formula is C16H21BrN2O2. The van der Waals surface area contributed by atoms with Gasteiger partial charge in [-0.05, 0) is 42.9 Å². The van der Waals surface area contributed by atoms with Crippen molar-refractivity contribution >= 4 is 27.6 Å². The van der Waals surface area contributed by atoms with E-state index in [0.717, 1.165) is 23.1 Å². The molecule has 0 aliphatic rings. The molecule has 0 saturated heterocycles. The van der Waals surface area contributed by atoms with Crippen molar-refractivity contribution in [2.45, 2.75) is 33.1 Å². The number of nitrogens with zero attached hydrogens (tertiary/aromatic N) is 1. The molecule has 21 heavy (non-hydrogen) atoms. The third kappa shape index (κ3) is 6.17. The van der Waals surface area contributed by atoms with Crippen LogP contribution in [0.2, 0.25) is 0 Å². The molecule has 2 N–H and O–H groups in total. The number of anilines is 1. The average Bonchev–Trinajstić information content (AvgIpc) is 2.43. The molecule has 0 heterocycles. The highest BCUT2D eigenvalue weighted by Gasteiger charge is 2.15. The number of carboxylic acids is 1. The fourth-order valence-corrected chi connectivity index (χ4v) is 2.64. The van der Waals surface area contributed by atoms with Crippen molar-refractivity contribution in [1.82, 2.24) is 0 Å². The molecule has 114 valence electrons. The number of halogens is 1. The minimum absolute atomic E-state index is 0.213. The van der Waals surface area contributed by atoms with Crippen LogP contribution in [0, 0.1) is 23.2 Å². The summed E-state index contributed by atoms with van der Waals surface area (Å²) < 4.78 is 0.881. The SMILES string of the molecule is CC(C)C(CCNc1ccc(Br)cc1C#N)CCC(=O)O. The topological polar surface area (TPSA) is 73.1 Å². The number of rotatable bonds is 8. The van der Waals surface area contributed by atoms with Gasteiger partial charge < -0.3 is 10.4 Å². The second-order valence-electron chi connectivity index (χ2n) is 5.45. The first-order valence-corrected chi connectivity index (χ1v) is 7.88. The number of carboxylic acid groups (broad SMARTS) is 1. The van der Waals surface area contributed by atoms with Crippen LogP contribution < -0.4 is 5.32 Å². The van der Waals surface area contributed by atoms with Gasteiger partial charge in [-0.3, -0.25) is 4.79 Å². The van der Waals surface area contributed by atoms with Gasteiger partial charge in [0.2, 0.25) is 0 Å². The van der Waals surface area contributed by atoms with Crippen LogP contribution in [0.5, 0.6) is 0 Å². The van der Waals surface area contributed by atoms with E-state index in [1.54, 1.807) is 6.07 Å². The third-order valence-corrected chi connectivity index (χ3v) is 4.10. The lowest BCUT2D eigenvalue weighted by Crippen LogP contribution is -2.16. The maximum atomic E-state index is 10.7. The Morgan fingerprint density at radius 3 is 2.71 bits per heavy atom. The molecule has 1 atom stereocenters. The first-order chi connectivity index (χ1) is 9.93. The Labute approximate surface area is 134 Å². The van der Waals surface area contributed by atoms with E-state index in [4.69, 9.17) is 10.4 Å². The van der Waals surface area contributed by atoms with Gasteiger partial charge in [0.15, 0.2) is 0 Å². The Hall–Kier alpha value is -1.54. The van der Waals surface area contributed by atoms with E-state index in [0.29, 0.717) is 23.8 Å². The highest BCUT2D eigenvalue weighted by atomic mass is 79.9. The summed E-state index contributed by atoms with van der Waals surface area (Å²) in [6.45, 7) is 4.97. The van der Waals surface area contributed by atoms with E-state index in [1.807, 2.05) is 12.1 Å². The van der Waals surface area contributed by atoms with Crippen LogP contribution >= 0.6 is 15.9 Å². The van der Waals surface area contributed by atoms with Crippen LogP contribution in [0.25, 0.3) is 0 Å². The quantitative estimate of drug-likeness (QED) is 0.732. The van der Waals surface area contributed by atoms with Crippen molar-refractivity contribution in [2.75, 3.05) is 11.9 Å². The summed E-state index contributed by atoms with van der Waals surface area (Å²) in [5, 5.41) is 21.2. The summed E-state index contributed by atoms with van der Waals surface area (Å²) >= 11 is 3.35. The van der Waals surface area contributed by atoms with E-state index in [2.05, 4.69) is 41.2 Å². The van der Waals surface area contributed by atoms with Crippen LogP contribution in [-0.4, -0.2) is 17.6 Å². The van der Waals surface area contributed by atoms with E-state index in [-0.39, 0.29) is 6.42 Å². The zero-order valence-corrected chi connectivity index (χ0v) is 14.0. The summed E-state index contributed by atoms with van der Waals surface area (Å²) in [4.78, 5) is 10.7. The maximum absolute atomic E-state index is 10.7. The van der Waals surface area contributed by atoms with Crippen molar-refractivity contribution in [3.05, 3.63) is 28.2 Å². The van der Waals surface area contributed by atoms with Gasteiger partial charge >= 0.3 is 5.97 Å². The van der Waals surface area contributed by atoms with Crippen molar-refractivity contribution < 1.29 is 9.90 Å².